The zero-order valence-electron chi connectivity index (χ0n) is 13.0. The van der Waals surface area contributed by atoms with Crippen LogP contribution >= 0.6 is 0 Å². The second-order valence-electron chi connectivity index (χ2n) is 6.44. The Kier molecular flexibility index (Phi) is 3.89. The van der Waals surface area contributed by atoms with Gasteiger partial charge in [0.1, 0.15) is 0 Å². The van der Waals surface area contributed by atoms with Gasteiger partial charge in [0.15, 0.2) is 9.84 Å². The Morgan fingerprint density at radius 2 is 1.68 bits per heavy atom. The van der Waals surface area contributed by atoms with Crippen LogP contribution in [0.2, 0.25) is 0 Å². The van der Waals surface area contributed by atoms with E-state index in [1.54, 1.807) is 0 Å². The maximum absolute atomic E-state index is 12.8. The summed E-state index contributed by atoms with van der Waals surface area (Å²) in [6.45, 7) is 0. The summed E-state index contributed by atoms with van der Waals surface area (Å²) in [5, 5.41) is 0. The molecule has 0 spiro atoms. The van der Waals surface area contributed by atoms with E-state index >= 15 is 0 Å². The minimum atomic E-state index is -2.98. The van der Waals surface area contributed by atoms with Crippen LogP contribution in [-0.2, 0) is 9.84 Å². The number of amides is 1. The zero-order valence-corrected chi connectivity index (χ0v) is 13.8. The number of carbonyl (C=O) groups excluding carboxylic acids is 1. The molecule has 1 aliphatic heterocycles. The number of rotatable bonds is 4. The first-order chi connectivity index (χ1) is 10.4. The first-order valence-corrected chi connectivity index (χ1v) is 9.50. The average Bonchev–Trinajstić information content (AvgIpc) is 3.23. The number of benzene rings is 1. The lowest BCUT2D eigenvalue weighted by atomic mass is 10.1. The summed E-state index contributed by atoms with van der Waals surface area (Å²) in [4.78, 5) is 16.6. The van der Waals surface area contributed by atoms with E-state index in [1.807, 2.05) is 48.2 Å². The van der Waals surface area contributed by atoms with Gasteiger partial charge in [0.05, 0.1) is 11.5 Å². The molecule has 1 saturated carbocycles. The summed E-state index contributed by atoms with van der Waals surface area (Å²) < 4.78 is 23.4. The van der Waals surface area contributed by atoms with E-state index in [9.17, 15) is 13.2 Å². The second kappa shape index (κ2) is 5.57. The molecule has 1 saturated heterocycles. The molecule has 0 bridgehead atoms. The molecule has 6 heteroatoms. The Labute approximate surface area is 131 Å². The van der Waals surface area contributed by atoms with Gasteiger partial charge < -0.3 is 9.80 Å². The van der Waals surface area contributed by atoms with Crippen molar-refractivity contribution in [1.82, 2.24) is 4.90 Å². The molecule has 1 heterocycles. The molecule has 1 atom stereocenters. The van der Waals surface area contributed by atoms with Crippen LogP contribution in [0.1, 0.15) is 29.6 Å². The van der Waals surface area contributed by atoms with Gasteiger partial charge in [-0.25, -0.2) is 8.42 Å². The van der Waals surface area contributed by atoms with Crippen LogP contribution in [0.5, 0.6) is 0 Å². The molecule has 5 nitrogen and oxygen atoms in total. The quantitative estimate of drug-likeness (QED) is 0.844. The van der Waals surface area contributed by atoms with E-state index in [1.165, 1.54) is 0 Å². The van der Waals surface area contributed by atoms with Crippen LogP contribution in [-0.4, -0.2) is 56.9 Å². The van der Waals surface area contributed by atoms with Crippen molar-refractivity contribution in [3.05, 3.63) is 29.8 Å². The highest BCUT2D eigenvalue weighted by Crippen LogP contribution is 2.33. The highest BCUT2D eigenvalue weighted by Gasteiger charge is 2.42. The number of nitrogens with zero attached hydrogens (tertiary/aromatic N) is 2. The summed E-state index contributed by atoms with van der Waals surface area (Å²) in [5.74, 6) is 0.286. The molecular weight excluding hydrogens is 300 g/mol. The van der Waals surface area contributed by atoms with Crippen molar-refractivity contribution in [3.63, 3.8) is 0 Å². The lowest BCUT2D eigenvalue weighted by Gasteiger charge is -2.28. The van der Waals surface area contributed by atoms with Crippen LogP contribution in [0.25, 0.3) is 0 Å². The van der Waals surface area contributed by atoms with E-state index < -0.39 is 9.84 Å². The Balaban J connectivity index is 1.81. The van der Waals surface area contributed by atoms with Gasteiger partial charge in [0.25, 0.3) is 5.91 Å². The second-order valence-corrected chi connectivity index (χ2v) is 8.67. The summed E-state index contributed by atoms with van der Waals surface area (Å²) in [6, 6.07) is 7.57. The third-order valence-corrected chi connectivity index (χ3v) is 6.16. The van der Waals surface area contributed by atoms with Gasteiger partial charge >= 0.3 is 0 Å². The van der Waals surface area contributed by atoms with Crippen LogP contribution in [0, 0.1) is 0 Å². The first-order valence-electron chi connectivity index (χ1n) is 7.68. The number of anilines is 1. The molecular formula is C16H22N2O3S. The van der Waals surface area contributed by atoms with Crippen molar-refractivity contribution in [2.24, 2.45) is 0 Å². The molecule has 1 unspecified atom stereocenters. The Bertz CT molecular complexity index is 663. The standard InChI is InChI=1S/C16H22N2O3S/c1-17(2)13-5-3-12(4-6-13)16(19)18(14-7-8-14)15-9-10-22(20,21)11-15/h3-6,14-15H,7-11H2,1-2H3. The Hall–Kier alpha value is -1.56. The van der Waals surface area contributed by atoms with Gasteiger partial charge in [0.2, 0.25) is 0 Å². The van der Waals surface area contributed by atoms with Gasteiger partial charge in [-0.05, 0) is 43.5 Å². The number of carbonyl (C=O) groups is 1. The average molecular weight is 322 g/mol. The van der Waals surface area contributed by atoms with Crippen molar-refractivity contribution in [2.45, 2.75) is 31.3 Å². The summed E-state index contributed by atoms with van der Waals surface area (Å²) in [7, 11) is 0.930. The first kappa shape index (κ1) is 15.3. The summed E-state index contributed by atoms with van der Waals surface area (Å²) in [5.41, 5.74) is 1.68. The lowest BCUT2D eigenvalue weighted by molar-refractivity contribution is 0.0681. The molecule has 0 aromatic heterocycles. The van der Waals surface area contributed by atoms with Gasteiger partial charge in [-0.3, -0.25) is 4.79 Å². The van der Waals surface area contributed by atoms with Crippen LogP contribution in [0.4, 0.5) is 5.69 Å². The molecule has 0 N–H and O–H groups in total. The zero-order chi connectivity index (χ0) is 15.9. The van der Waals surface area contributed by atoms with Crippen molar-refractivity contribution >= 4 is 21.4 Å². The minimum Gasteiger partial charge on any atom is -0.378 e. The fraction of sp³-hybridized carbons (Fsp3) is 0.562. The largest absolute Gasteiger partial charge is 0.378 e. The van der Waals surface area contributed by atoms with Gasteiger partial charge in [-0.1, -0.05) is 0 Å². The number of sulfone groups is 1. The molecule has 1 aliphatic carbocycles. The molecule has 3 rings (SSSR count). The van der Waals surface area contributed by atoms with E-state index in [4.69, 9.17) is 0 Å². The fourth-order valence-corrected chi connectivity index (χ4v) is 4.74. The predicted octanol–water partition coefficient (Wildman–Crippen LogP) is 1.54. The summed E-state index contributed by atoms with van der Waals surface area (Å²) in [6.07, 6.45) is 2.54. The van der Waals surface area contributed by atoms with Crippen molar-refractivity contribution in [2.75, 3.05) is 30.5 Å². The van der Waals surface area contributed by atoms with Crippen LogP contribution in [0.15, 0.2) is 24.3 Å². The predicted molar refractivity (Wildman–Crippen MR) is 87.0 cm³/mol. The van der Waals surface area contributed by atoms with Crippen molar-refractivity contribution in [1.29, 1.82) is 0 Å². The highest BCUT2D eigenvalue weighted by molar-refractivity contribution is 7.91. The maximum Gasteiger partial charge on any atom is 0.254 e. The normalized spacial score (nSPS) is 23.3. The van der Waals surface area contributed by atoms with Crippen molar-refractivity contribution in [3.8, 4) is 0 Å². The Morgan fingerprint density at radius 1 is 1.05 bits per heavy atom. The third kappa shape index (κ3) is 3.11. The molecule has 1 amide bonds. The molecule has 1 aromatic carbocycles. The smallest absolute Gasteiger partial charge is 0.254 e. The van der Waals surface area contributed by atoms with Gasteiger partial charge in [0, 0.05) is 37.4 Å². The number of hydrogen-bond donors (Lipinski definition) is 0. The Morgan fingerprint density at radius 3 is 2.14 bits per heavy atom. The topological polar surface area (TPSA) is 57.7 Å². The minimum absolute atomic E-state index is 0.0325. The van der Waals surface area contributed by atoms with E-state index in [2.05, 4.69) is 0 Å². The molecule has 120 valence electrons. The fourth-order valence-electron chi connectivity index (χ4n) is 3.03. The van der Waals surface area contributed by atoms with Gasteiger partial charge in [-0.2, -0.15) is 0 Å². The monoisotopic (exact) mass is 322 g/mol. The number of hydrogen-bond acceptors (Lipinski definition) is 4. The SMILES string of the molecule is CN(C)c1ccc(C(=O)N(C2CC2)C2CCS(=O)(=O)C2)cc1. The highest BCUT2D eigenvalue weighted by atomic mass is 32.2. The third-order valence-electron chi connectivity index (χ3n) is 4.41. The lowest BCUT2D eigenvalue weighted by Crippen LogP contribution is -2.42. The van der Waals surface area contributed by atoms with Crippen molar-refractivity contribution < 1.29 is 13.2 Å². The summed E-state index contributed by atoms with van der Waals surface area (Å²) >= 11 is 0. The molecule has 2 fully saturated rings. The van der Waals surface area contributed by atoms with E-state index in [0.717, 1.165) is 18.5 Å². The maximum atomic E-state index is 12.8. The molecule has 0 radical (unpaired) electrons. The van der Waals surface area contributed by atoms with Gasteiger partial charge in [-0.15, -0.1) is 0 Å². The van der Waals surface area contributed by atoms with E-state index in [-0.39, 0.29) is 29.5 Å². The molecule has 2 aliphatic rings. The van der Waals surface area contributed by atoms with Crippen LogP contribution < -0.4 is 4.90 Å². The van der Waals surface area contributed by atoms with E-state index in [0.29, 0.717) is 12.0 Å². The molecule has 22 heavy (non-hydrogen) atoms. The van der Waals surface area contributed by atoms with Crippen LogP contribution in [0.3, 0.4) is 0 Å². The molecule has 1 aromatic rings.